The van der Waals surface area contributed by atoms with E-state index in [4.69, 9.17) is 23.2 Å². The van der Waals surface area contributed by atoms with Crippen LogP contribution in [0.25, 0.3) is 10.9 Å². The summed E-state index contributed by atoms with van der Waals surface area (Å²) in [6.07, 6.45) is 0. The van der Waals surface area contributed by atoms with Crippen molar-refractivity contribution in [1.29, 1.82) is 0 Å². The average Bonchev–Trinajstić information content (AvgIpc) is 2.62. The normalized spacial score (nSPS) is 11.0. The number of fused-ring (bicyclic) bond motifs is 1. The van der Waals surface area contributed by atoms with Crippen LogP contribution in [-0.2, 0) is 6.54 Å². The summed E-state index contributed by atoms with van der Waals surface area (Å²) in [6, 6.07) is 12.0. The monoisotopic (exact) mass is 392 g/mol. The summed E-state index contributed by atoms with van der Waals surface area (Å²) in [7, 11) is 0. The highest BCUT2D eigenvalue weighted by molar-refractivity contribution is 7.99. The largest absolute Gasteiger partial charge is 0.293 e. The molecule has 0 aliphatic heterocycles. The number of ketones is 1. The number of hydrogen-bond donors (Lipinski definition) is 0. The molecule has 0 bridgehead atoms. The topological polar surface area (TPSA) is 52.0 Å². The third-order valence-electron chi connectivity index (χ3n) is 3.72. The minimum absolute atomic E-state index is 0.0995. The maximum atomic E-state index is 12.6. The maximum Gasteiger partial charge on any atom is 0.262 e. The molecule has 3 rings (SSSR count). The molecule has 128 valence electrons. The van der Waals surface area contributed by atoms with E-state index in [-0.39, 0.29) is 17.1 Å². The predicted molar refractivity (Wildman–Crippen MR) is 103 cm³/mol. The summed E-state index contributed by atoms with van der Waals surface area (Å²) in [4.78, 5) is 29.5. The quantitative estimate of drug-likeness (QED) is 0.358. The van der Waals surface area contributed by atoms with Crippen molar-refractivity contribution in [2.45, 2.75) is 18.6 Å². The minimum Gasteiger partial charge on any atom is -0.293 e. The molecule has 0 aliphatic carbocycles. The Bertz CT molecular complexity index is 1020. The zero-order chi connectivity index (χ0) is 18.0. The van der Waals surface area contributed by atoms with Gasteiger partial charge in [0.2, 0.25) is 0 Å². The number of aromatic nitrogens is 2. The summed E-state index contributed by atoms with van der Waals surface area (Å²) in [5.74, 6) is 0.0524. The molecule has 0 saturated carbocycles. The van der Waals surface area contributed by atoms with E-state index in [1.165, 1.54) is 11.8 Å². The summed E-state index contributed by atoms with van der Waals surface area (Å²) in [6.45, 7) is 2.36. The Morgan fingerprint density at radius 3 is 2.64 bits per heavy atom. The van der Waals surface area contributed by atoms with Crippen LogP contribution >= 0.6 is 35.0 Å². The van der Waals surface area contributed by atoms with Crippen molar-refractivity contribution in [2.75, 3.05) is 5.75 Å². The van der Waals surface area contributed by atoms with E-state index in [9.17, 15) is 9.59 Å². The van der Waals surface area contributed by atoms with Crippen molar-refractivity contribution < 1.29 is 4.79 Å². The van der Waals surface area contributed by atoms with Gasteiger partial charge in [-0.1, -0.05) is 47.1 Å². The van der Waals surface area contributed by atoms with Gasteiger partial charge in [0.25, 0.3) is 5.56 Å². The van der Waals surface area contributed by atoms with Crippen molar-refractivity contribution >= 4 is 51.6 Å². The molecule has 4 nitrogen and oxygen atoms in total. The number of thioether (sulfide) groups is 1. The molecule has 25 heavy (non-hydrogen) atoms. The number of carbonyl (C=O) groups is 1. The second-order valence-corrected chi connectivity index (χ2v) is 7.06. The lowest BCUT2D eigenvalue weighted by molar-refractivity contribution is 0.102. The van der Waals surface area contributed by atoms with E-state index in [0.717, 1.165) is 0 Å². The number of nitrogens with zero attached hydrogens (tertiary/aromatic N) is 2. The van der Waals surface area contributed by atoms with E-state index in [1.54, 1.807) is 34.9 Å². The SMILES string of the molecule is CCn1c(SCC(=O)c2ccc(Cl)c(Cl)c2)nc2ccccc2c1=O. The lowest BCUT2D eigenvalue weighted by atomic mass is 10.1. The summed E-state index contributed by atoms with van der Waals surface area (Å²) in [5.41, 5.74) is 1.01. The number of hydrogen-bond acceptors (Lipinski definition) is 4. The molecule has 1 heterocycles. The molecule has 0 radical (unpaired) electrons. The third-order valence-corrected chi connectivity index (χ3v) is 5.43. The number of Topliss-reactive ketones (excluding diaryl/α,β-unsaturated/α-hetero) is 1. The molecule has 0 fully saturated rings. The Balaban J connectivity index is 1.88. The lowest BCUT2D eigenvalue weighted by Gasteiger charge is -2.11. The molecule has 0 unspecified atom stereocenters. The van der Waals surface area contributed by atoms with Gasteiger partial charge >= 0.3 is 0 Å². The van der Waals surface area contributed by atoms with Gasteiger partial charge in [-0.15, -0.1) is 0 Å². The van der Waals surface area contributed by atoms with E-state index in [1.807, 2.05) is 19.1 Å². The average molecular weight is 393 g/mol. The molecule has 0 saturated heterocycles. The molecule has 1 aromatic heterocycles. The van der Waals surface area contributed by atoms with Crippen molar-refractivity contribution in [3.05, 3.63) is 68.4 Å². The Morgan fingerprint density at radius 1 is 1.16 bits per heavy atom. The first-order chi connectivity index (χ1) is 12.0. The third kappa shape index (κ3) is 3.73. The number of rotatable bonds is 5. The number of halogens is 2. The van der Waals surface area contributed by atoms with Gasteiger partial charge in [0.05, 0.1) is 26.7 Å². The van der Waals surface area contributed by atoms with E-state index in [2.05, 4.69) is 4.98 Å². The highest BCUT2D eigenvalue weighted by atomic mass is 35.5. The Labute approximate surface area is 158 Å². The zero-order valence-electron chi connectivity index (χ0n) is 13.3. The molecule has 0 atom stereocenters. The van der Waals surface area contributed by atoms with Crippen molar-refractivity contribution in [3.8, 4) is 0 Å². The van der Waals surface area contributed by atoms with Crippen LogP contribution in [0, 0.1) is 0 Å². The maximum absolute atomic E-state index is 12.6. The molecular weight excluding hydrogens is 379 g/mol. The molecule has 7 heteroatoms. The van der Waals surface area contributed by atoms with E-state index < -0.39 is 0 Å². The first kappa shape index (κ1) is 18.0. The second-order valence-electron chi connectivity index (χ2n) is 5.30. The van der Waals surface area contributed by atoms with Gasteiger partial charge < -0.3 is 0 Å². The Kier molecular flexibility index (Phi) is 5.47. The van der Waals surface area contributed by atoms with Crippen LogP contribution in [-0.4, -0.2) is 21.1 Å². The summed E-state index contributed by atoms with van der Waals surface area (Å²) >= 11 is 13.1. The van der Waals surface area contributed by atoms with Gasteiger partial charge in [0, 0.05) is 12.1 Å². The van der Waals surface area contributed by atoms with Gasteiger partial charge in [0.1, 0.15) is 0 Å². The Hall–Kier alpha value is -1.82. The standard InChI is InChI=1S/C18H14Cl2N2O2S/c1-2-22-17(24)12-5-3-4-6-15(12)21-18(22)25-10-16(23)11-7-8-13(19)14(20)9-11/h3-9H,2,10H2,1H3. The molecule has 0 N–H and O–H groups in total. The molecule has 2 aromatic carbocycles. The van der Waals surface area contributed by atoms with Crippen LogP contribution in [0.2, 0.25) is 10.0 Å². The molecule has 0 amide bonds. The van der Waals surface area contributed by atoms with Crippen LogP contribution < -0.4 is 5.56 Å². The smallest absolute Gasteiger partial charge is 0.262 e. The number of para-hydroxylation sites is 1. The fourth-order valence-corrected chi connectivity index (χ4v) is 3.68. The van der Waals surface area contributed by atoms with Gasteiger partial charge in [-0.3, -0.25) is 14.2 Å². The molecule has 0 spiro atoms. The van der Waals surface area contributed by atoms with Gasteiger partial charge in [-0.2, -0.15) is 0 Å². The van der Waals surface area contributed by atoms with Crippen LogP contribution in [0.3, 0.4) is 0 Å². The Morgan fingerprint density at radius 2 is 1.92 bits per heavy atom. The highest BCUT2D eigenvalue weighted by Crippen LogP contribution is 2.24. The predicted octanol–water partition coefficient (Wildman–Crippen LogP) is 4.70. The molecule has 0 aliphatic rings. The molecular formula is C18H14Cl2N2O2S. The minimum atomic E-state index is -0.103. The zero-order valence-corrected chi connectivity index (χ0v) is 15.7. The molecule has 3 aromatic rings. The van der Waals surface area contributed by atoms with Crippen molar-refractivity contribution in [1.82, 2.24) is 9.55 Å². The lowest BCUT2D eigenvalue weighted by Crippen LogP contribution is -2.22. The summed E-state index contributed by atoms with van der Waals surface area (Å²) in [5, 5.41) is 1.85. The van der Waals surface area contributed by atoms with Crippen molar-refractivity contribution in [2.24, 2.45) is 0 Å². The first-order valence-electron chi connectivity index (χ1n) is 7.62. The van der Waals surface area contributed by atoms with Gasteiger partial charge in [-0.25, -0.2) is 4.98 Å². The van der Waals surface area contributed by atoms with E-state index in [0.29, 0.717) is 38.2 Å². The first-order valence-corrected chi connectivity index (χ1v) is 9.36. The number of carbonyl (C=O) groups excluding carboxylic acids is 1. The van der Waals surface area contributed by atoms with Crippen LogP contribution in [0.1, 0.15) is 17.3 Å². The fourth-order valence-electron chi connectivity index (χ4n) is 2.42. The van der Waals surface area contributed by atoms with Crippen LogP contribution in [0.4, 0.5) is 0 Å². The van der Waals surface area contributed by atoms with Gasteiger partial charge in [-0.05, 0) is 37.3 Å². The van der Waals surface area contributed by atoms with Crippen LogP contribution in [0.5, 0.6) is 0 Å². The van der Waals surface area contributed by atoms with E-state index >= 15 is 0 Å². The second kappa shape index (κ2) is 7.60. The van der Waals surface area contributed by atoms with Gasteiger partial charge in [0.15, 0.2) is 10.9 Å². The highest BCUT2D eigenvalue weighted by Gasteiger charge is 2.14. The number of benzene rings is 2. The summed E-state index contributed by atoms with van der Waals surface area (Å²) < 4.78 is 1.58. The van der Waals surface area contributed by atoms with Crippen LogP contribution in [0.15, 0.2) is 52.4 Å². The van der Waals surface area contributed by atoms with Crippen molar-refractivity contribution in [3.63, 3.8) is 0 Å². The fraction of sp³-hybridized carbons (Fsp3) is 0.167.